The number of anilines is 1. The van der Waals surface area contributed by atoms with E-state index in [0.29, 0.717) is 53.6 Å². The molecule has 0 radical (unpaired) electrons. The molecule has 2 aromatic heterocycles. The summed E-state index contributed by atoms with van der Waals surface area (Å²) in [5, 5.41) is 3.82. The van der Waals surface area contributed by atoms with Crippen LogP contribution in [0, 0.1) is 0 Å². The lowest BCUT2D eigenvalue weighted by atomic mass is 9.95. The van der Waals surface area contributed by atoms with Crippen LogP contribution in [0.5, 0.6) is 5.75 Å². The molecule has 6 rings (SSSR count). The number of hydrogen-bond acceptors (Lipinski definition) is 6. The molecular formula is C32H23Cl2N3O4S. The van der Waals surface area contributed by atoms with E-state index in [9.17, 15) is 9.59 Å². The van der Waals surface area contributed by atoms with Crippen LogP contribution in [0.2, 0.25) is 10.0 Å². The van der Waals surface area contributed by atoms with Gasteiger partial charge in [-0.25, -0.2) is 4.99 Å². The summed E-state index contributed by atoms with van der Waals surface area (Å²) in [5.74, 6) is 1.33. The van der Waals surface area contributed by atoms with E-state index in [1.54, 1.807) is 61.1 Å². The van der Waals surface area contributed by atoms with E-state index in [2.05, 4.69) is 5.32 Å². The highest BCUT2D eigenvalue weighted by Crippen LogP contribution is 2.33. The Hall–Kier alpha value is -4.37. The first-order valence-corrected chi connectivity index (χ1v) is 14.5. The molecule has 3 heterocycles. The van der Waals surface area contributed by atoms with Crippen LogP contribution in [-0.4, -0.2) is 17.6 Å². The molecule has 0 spiro atoms. The van der Waals surface area contributed by atoms with E-state index in [1.165, 1.54) is 11.3 Å². The number of allylic oxidation sites excluding steroid dienone is 1. The molecule has 0 bridgehead atoms. The minimum absolute atomic E-state index is 0.295. The summed E-state index contributed by atoms with van der Waals surface area (Å²) in [6.07, 6.45) is 1.68. The van der Waals surface area contributed by atoms with Crippen LogP contribution < -0.4 is 24.9 Å². The number of ether oxygens (including phenoxy) is 1. The summed E-state index contributed by atoms with van der Waals surface area (Å²) in [6, 6.07) is 24.6. The average molecular weight is 617 g/mol. The average Bonchev–Trinajstić information content (AvgIpc) is 3.58. The van der Waals surface area contributed by atoms with Crippen molar-refractivity contribution in [3.8, 4) is 17.1 Å². The van der Waals surface area contributed by atoms with Gasteiger partial charge in [-0.3, -0.25) is 14.2 Å². The van der Waals surface area contributed by atoms with Crippen molar-refractivity contribution in [2.75, 3.05) is 12.4 Å². The Balaban J connectivity index is 1.45. The topological polar surface area (TPSA) is 85.8 Å². The van der Waals surface area contributed by atoms with Gasteiger partial charge in [0, 0.05) is 17.3 Å². The maximum atomic E-state index is 14.0. The van der Waals surface area contributed by atoms with Crippen molar-refractivity contribution in [3.05, 3.63) is 137 Å². The van der Waals surface area contributed by atoms with E-state index < -0.39 is 6.04 Å². The number of furan rings is 1. The van der Waals surface area contributed by atoms with Crippen molar-refractivity contribution >= 4 is 52.2 Å². The summed E-state index contributed by atoms with van der Waals surface area (Å²) in [4.78, 5) is 32.8. The van der Waals surface area contributed by atoms with E-state index in [-0.39, 0.29) is 11.5 Å². The van der Waals surface area contributed by atoms with Crippen LogP contribution in [0.3, 0.4) is 0 Å². The number of methoxy groups -OCH3 is 1. The van der Waals surface area contributed by atoms with Crippen LogP contribution in [0.4, 0.5) is 5.69 Å². The highest BCUT2D eigenvalue weighted by atomic mass is 35.5. The SMILES string of the molecule is COc1cccc([C@H]2C(C(=O)Nc3ccccc3)=C(C)N=c3s/c(=C\c4ccc(-c5ccc(Cl)c(Cl)c5)o4)c(=O)n32)c1. The summed E-state index contributed by atoms with van der Waals surface area (Å²) >= 11 is 13.5. The molecule has 0 unspecified atom stereocenters. The number of fused-ring (bicyclic) bond motifs is 1. The second kappa shape index (κ2) is 11.5. The quantitative estimate of drug-likeness (QED) is 0.238. The summed E-state index contributed by atoms with van der Waals surface area (Å²) in [5.41, 5.74) is 2.70. The fourth-order valence-corrected chi connectivity index (χ4v) is 6.15. The first-order valence-electron chi connectivity index (χ1n) is 12.9. The van der Waals surface area contributed by atoms with Crippen molar-refractivity contribution in [1.29, 1.82) is 0 Å². The second-order valence-corrected chi connectivity index (χ2v) is 11.3. The lowest BCUT2D eigenvalue weighted by molar-refractivity contribution is -0.113. The van der Waals surface area contributed by atoms with E-state index in [4.69, 9.17) is 37.3 Å². The van der Waals surface area contributed by atoms with Crippen molar-refractivity contribution in [3.63, 3.8) is 0 Å². The van der Waals surface area contributed by atoms with Gasteiger partial charge in [-0.1, -0.05) is 64.9 Å². The predicted octanol–water partition coefficient (Wildman–Crippen LogP) is 6.45. The Kier molecular flexibility index (Phi) is 7.60. The number of hydrogen-bond donors (Lipinski definition) is 1. The molecule has 0 fully saturated rings. The molecule has 42 heavy (non-hydrogen) atoms. The molecule has 5 aromatic rings. The molecule has 1 aliphatic rings. The number of amides is 1. The zero-order valence-corrected chi connectivity index (χ0v) is 24.8. The number of nitrogens with one attached hydrogen (secondary N) is 1. The number of rotatable bonds is 6. The number of thiazole rings is 1. The number of para-hydroxylation sites is 1. The number of carbonyl (C=O) groups excluding carboxylic acids is 1. The fraction of sp³-hybridized carbons (Fsp3) is 0.0938. The molecule has 1 amide bonds. The molecule has 210 valence electrons. The van der Waals surface area contributed by atoms with Crippen molar-refractivity contribution in [2.45, 2.75) is 13.0 Å². The molecule has 1 N–H and O–H groups in total. The van der Waals surface area contributed by atoms with E-state index >= 15 is 0 Å². The zero-order valence-electron chi connectivity index (χ0n) is 22.4. The Bertz CT molecular complexity index is 2040. The van der Waals surface area contributed by atoms with E-state index in [0.717, 1.165) is 11.1 Å². The summed E-state index contributed by atoms with van der Waals surface area (Å²) in [6.45, 7) is 1.78. The van der Waals surface area contributed by atoms with Crippen LogP contribution in [-0.2, 0) is 4.79 Å². The molecular weight excluding hydrogens is 593 g/mol. The van der Waals surface area contributed by atoms with Crippen LogP contribution in [0.25, 0.3) is 17.4 Å². The van der Waals surface area contributed by atoms with Crippen molar-refractivity contribution in [1.82, 2.24) is 4.57 Å². The number of aromatic nitrogens is 1. The molecule has 1 atom stereocenters. The van der Waals surface area contributed by atoms with Gasteiger partial charge in [0.1, 0.15) is 17.3 Å². The molecule has 0 aliphatic carbocycles. The van der Waals surface area contributed by atoms with Crippen molar-refractivity contribution in [2.24, 2.45) is 4.99 Å². The van der Waals surface area contributed by atoms with Gasteiger partial charge >= 0.3 is 0 Å². The van der Waals surface area contributed by atoms with E-state index in [1.807, 2.05) is 48.5 Å². The highest BCUT2D eigenvalue weighted by Gasteiger charge is 2.32. The molecule has 7 nitrogen and oxygen atoms in total. The van der Waals surface area contributed by atoms with Gasteiger partial charge in [-0.15, -0.1) is 0 Å². The Labute approximate surface area is 254 Å². The number of nitrogens with zero attached hydrogens (tertiary/aromatic N) is 2. The van der Waals surface area contributed by atoms with Crippen LogP contribution >= 0.6 is 34.5 Å². The monoisotopic (exact) mass is 615 g/mol. The molecule has 3 aromatic carbocycles. The van der Waals surface area contributed by atoms with Gasteiger partial charge in [0.15, 0.2) is 4.80 Å². The third kappa shape index (κ3) is 5.32. The lowest BCUT2D eigenvalue weighted by Crippen LogP contribution is -2.40. The van der Waals surface area contributed by atoms with Gasteiger partial charge in [0.2, 0.25) is 0 Å². The van der Waals surface area contributed by atoms with Crippen LogP contribution in [0.1, 0.15) is 24.3 Å². The maximum absolute atomic E-state index is 14.0. The number of carbonyl (C=O) groups is 1. The fourth-order valence-electron chi connectivity index (χ4n) is 4.82. The predicted molar refractivity (Wildman–Crippen MR) is 166 cm³/mol. The maximum Gasteiger partial charge on any atom is 0.271 e. The normalized spacial score (nSPS) is 14.9. The Morgan fingerprint density at radius 1 is 1.02 bits per heavy atom. The highest BCUT2D eigenvalue weighted by molar-refractivity contribution is 7.07. The molecule has 0 saturated carbocycles. The smallest absolute Gasteiger partial charge is 0.271 e. The minimum Gasteiger partial charge on any atom is -0.497 e. The van der Waals surface area contributed by atoms with Gasteiger partial charge in [-0.05, 0) is 67.1 Å². The van der Waals surface area contributed by atoms with Crippen LogP contribution in [0.15, 0.2) is 110 Å². The third-order valence-corrected chi connectivity index (χ3v) is 8.53. The molecule has 0 saturated heterocycles. The van der Waals surface area contributed by atoms with Gasteiger partial charge in [-0.2, -0.15) is 0 Å². The lowest BCUT2D eigenvalue weighted by Gasteiger charge is -2.25. The zero-order chi connectivity index (χ0) is 29.4. The standard InChI is InChI=1S/C32H23Cl2N3O4S/c1-18-28(30(38)36-21-8-4-3-5-9-21)29(20-7-6-10-22(15-20)40-2)37-31(39)27(42-32(37)35-18)17-23-12-14-26(41-23)19-11-13-24(33)25(34)16-19/h3-17,29H,1-2H3,(H,36,38)/b27-17-/t29-/m0/s1. The number of benzene rings is 3. The Morgan fingerprint density at radius 2 is 1.83 bits per heavy atom. The van der Waals surface area contributed by atoms with Crippen molar-refractivity contribution < 1.29 is 13.9 Å². The summed E-state index contributed by atoms with van der Waals surface area (Å²) < 4.78 is 13.5. The number of halogens is 2. The van der Waals surface area contributed by atoms with Gasteiger partial charge in [0.05, 0.1) is 39.0 Å². The minimum atomic E-state index is -0.731. The van der Waals surface area contributed by atoms with Gasteiger partial charge in [0.25, 0.3) is 11.5 Å². The second-order valence-electron chi connectivity index (χ2n) is 9.51. The third-order valence-electron chi connectivity index (χ3n) is 6.81. The summed E-state index contributed by atoms with van der Waals surface area (Å²) in [7, 11) is 1.57. The van der Waals surface area contributed by atoms with Gasteiger partial charge < -0.3 is 14.5 Å². The largest absolute Gasteiger partial charge is 0.497 e. The molecule has 1 aliphatic heterocycles. The first-order chi connectivity index (χ1) is 20.3. The Morgan fingerprint density at radius 3 is 2.60 bits per heavy atom. The molecule has 10 heteroatoms. The first kappa shape index (κ1) is 27.8.